The molecule has 0 saturated heterocycles. The SMILES string of the molecule is Cc1nc2nc(Cl)nc(S(=O)(=O)C(C)C)c2n1CCCCCCCCCCCCCCCc1nnnn1C. The number of imidazole rings is 1. The van der Waals surface area contributed by atoms with Crippen molar-refractivity contribution < 1.29 is 8.42 Å². The molecule has 0 atom stereocenters. The first-order valence-corrected chi connectivity index (χ1v) is 16.0. The Kier molecular flexibility index (Phi) is 11.9. The average molecular weight is 567 g/mol. The molecule has 0 unspecified atom stereocenters. The van der Waals surface area contributed by atoms with Crippen LogP contribution in [-0.2, 0) is 29.9 Å². The second-order valence-corrected chi connectivity index (χ2v) is 13.2. The second-order valence-electron chi connectivity index (χ2n) is 10.4. The van der Waals surface area contributed by atoms with E-state index in [4.69, 9.17) is 11.6 Å². The maximum atomic E-state index is 12.9. The van der Waals surface area contributed by atoms with Crippen molar-refractivity contribution in [1.82, 2.24) is 39.7 Å². The Balaban J connectivity index is 1.27. The van der Waals surface area contributed by atoms with Crippen LogP contribution >= 0.6 is 11.6 Å². The van der Waals surface area contributed by atoms with Crippen molar-refractivity contribution in [2.45, 2.75) is 127 Å². The summed E-state index contributed by atoms with van der Waals surface area (Å²) in [5.74, 6) is 1.71. The van der Waals surface area contributed by atoms with E-state index in [9.17, 15) is 8.42 Å². The number of fused-ring (bicyclic) bond motifs is 1. The van der Waals surface area contributed by atoms with E-state index < -0.39 is 15.1 Å². The number of sulfone groups is 1. The normalized spacial score (nSPS) is 12.3. The Morgan fingerprint density at radius 1 is 0.816 bits per heavy atom. The molecule has 0 bridgehead atoms. The van der Waals surface area contributed by atoms with Crippen LogP contribution in [0.25, 0.3) is 11.2 Å². The summed E-state index contributed by atoms with van der Waals surface area (Å²) in [5, 5.41) is 10.9. The van der Waals surface area contributed by atoms with Crippen molar-refractivity contribution in [3.8, 4) is 0 Å². The van der Waals surface area contributed by atoms with Gasteiger partial charge >= 0.3 is 0 Å². The smallest absolute Gasteiger partial charge is 0.225 e. The molecule has 3 heterocycles. The van der Waals surface area contributed by atoms with Crippen molar-refractivity contribution >= 4 is 32.6 Å². The molecule has 0 aliphatic carbocycles. The fourth-order valence-electron chi connectivity index (χ4n) is 4.74. The van der Waals surface area contributed by atoms with Crippen molar-refractivity contribution in [3.63, 3.8) is 0 Å². The average Bonchev–Trinajstić information content (AvgIpc) is 3.42. The van der Waals surface area contributed by atoms with Crippen molar-refractivity contribution in [3.05, 3.63) is 16.9 Å². The van der Waals surface area contributed by atoms with E-state index in [1.807, 2.05) is 18.5 Å². The van der Waals surface area contributed by atoms with Crippen LogP contribution in [-0.4, -0.2) is 53.4 Å². The number of rotatable bonds is 18. The van der Waals surface area contributed by atoms with Crippen LogP contribution in [0.4, 0.5) is 0 Å². The highest BCUT2D eigenvalue weighted by molar-refractivity contribution is 7.92. The zero-order valence-corrected chi connectivity index (χ0v) is 24.9. The molecule has 0 saturated carbocycles. The summed E-state index contributed by atoms with van der Waals surface area (Å²) in [4.78, 5) is 12.7. The molecule has 3 aromatic heterocycles. The molecule has 3 aromatic rings. The van der Waals surface area contributed by atoms with Crippen LogP contribution < -0.4 is 0 Å². The lowest BCUT2D eigenvalue weighted by Crippen LogP contribution is -2.18. The van der Waals surface area contributed by atoms with Crippen LogP contribution in [0.3, 0.4) is 0 Å². The summed E-state index contributed by atoms with van der Waals surface area (Å²) in [5.41, 5.74) is 0.824. The van der Waals surface area contributed by atoms with Crippen molar-refractivity contribution in [2.75, 3.05) is 0 Å². The van der Waals surface area contributed by atoms with Gasteiger partial charge in [0.15, 0.2) is 26.3 Å². The number of hydrogen-bond acceptors (Lipinski definition) is 8. The van der Waals surface area contributed by atoms with Gasteiger partial charge in [-0.15, -0.1) is 5.10 Å². The highest BCUT2D eigenvalue weighted by atomic mass is 35.5. The summed E-state index contributed by atoms with van der Waals surface area (Å²) in [6.45, 7) is 5.86. The van der Waals surface area contributed by atoms with Crippen molar-refractivity contribution in [2.24, 2.45) is 7.05 Å². The monoisotopic (exact) mass is 566 g/mol. The minimum Gasteiger partial charge on any atom is -0.324 e. The first-order valence-electron chi connectivity index (χ1n) is 14.1. The Morgan fingerprint density at radius 2 is 1.37 bits per heavy atom. The third-order valence-corrected chi connectivity index (χ3v) is 9.35. The largest absolute Gasteiger partial charge is 0.324 e. The van der Waals surface area contributed by atoms with Gasteiger partial charge in [0.05, 0.1) is 5.25 Å². The standard InChI is InChI=1S/C26H43ClN8O2S/c1-20(2)38(36,37)25-23-24(29-26(27)30-25)28-21(3)35(23)19-17-15-13-11-9-7-5-6-8-10-12-14-16-18-22-31-32-33-34(22)4/h20H,5-19H2,1-4H3. The highest BCUT2D eigenvalue weighted by Crippen LogP contribution is 2.26. The second kappa shape index (κ2) is 14.9. The molecule has 0 fully saturated rings. The summed E-state index contributed by atoms with van der Waals surface area (Å²) >= 11 is 6.02. The third kappa shape index (κ3) is 8.43. The molecular weight excluding hydrogens is 524 g/mol. The molecular formula is C26H43ClN8O2S. The molecule has 0 aliphatic heterocycles. The topological polar surface area (TPSA) is 121 Å². The van der Waals surface area contributed by atoms with Gasteiger partial charge in [-0.2, -0.15) is 4.98 Å². The van der Waals surface area contributed by atoms with Gasteiger partial charge in [-0.1, -0.05) is 70.6 Å². The predicted octanol–water partition coefficient (Wildman–Crippen LogP) is 5.81. The molecule has 0 amide bonds. The molecule has 212 valence electrons. The molecule has 0 aliphatic rings. The summed E-state index contributed by atoms with van der Waals surface area (Å²) in [6.07, 6.45) is 17.0. The van der Waals surface area contributed by atoms with Gasteiger partial charge in [0.1, 0.15) is 11.3 Å². The lowest BCUT2D eigenvalue weighted by molar-refractivity contribution is 0.523. The summed E-state index contributed by atoms with van der Waals surface area (Å²) in [6, 6.07) is 0. The maximum absolute atomic E-state index is 12.9. The first kappa shape index (κ1) is 30.4. The van der Waals surface area contributed by atoms with Gasteiger partial charge in [-0.05, 0) is 55.6 Å². The third-order valence-electron chi connectivity index (χ3n) is 7.11. The van der Waals surface area contributed by atoms with Gasteiger partial charge < -0.3 is 4.57 Å². The molecule has 0 radical (unpaired) electrons. The zero-order valence-electron chi connectivity index (χ0n) is 23.4. The quantitative estimate of drug-likeness (QED) is 0.107. The van der Waals surface area contributed by atoms with Gasteiger partial charge in [-0.25, -0.2) is 23.1 Å². The molecule has 12 heteroatoms. The number of aryl methyl sites for hydroxylation is 4. The van der Waals surface area contributed by atoms with E-state index in [2.05, 4.69) is 30.5 Å². The number of hydrogen-bond donors (Lipinski definition) is 0. The van der Waals surface area contributed by atoms with Gasteiger partial charge in [-0.3, -0.25) is 0 Å². The lowest BCUT2D eigenvalue weighted by atomic mass is 10.0. The molecule has 0 N–H and O–H groups in total. The van der Waals surface area contributed by atoms with E-state index in [1.165, 1.54) is 64.2 Å². The van der Waals surface area contributed by atoms with Crippen LogP contribution in [0.5, 0.6) is 0 Å². The molecule has 3 rings (SSSR count). The molecule has 0 spiro atoms. The Labute approximate surface area is 231 Å². The Hall–Kier alpha value is -2.14. The number of aromatic nitrogens is 8. The predicted molar refractivity (Wildman–Crippen MR) is 150 cm³/mol. The maximum Gasteiger partial charge on any atom is 0.225 e. The van der Waals surface area contributed by atoms with E-state index in [1.54, 1.807) is 18.5 Å². The van der Waals surface area contributed by atoms with Gasteiger partial charge in [0.25, 0.3) is 0 Å². The minimum absolute atomic E-state index is 0.0115. The number of halogens is 1. The molecule has 10 nitrogen and oxygen atoms in total. The first-order chi connectivity index (χ1) is 18.2. The fourth-order valence-corrected chi connectivity index (χ4v) is 6.09. The fraction of sp³-hybridized carbons (Fsp3) is 0.769. The Morgan fingerprint density at radius 3 is 1.89 bits per heavy atom. The summed E-state index contributed by atoms with van der Waals surface area (Å²) in [7, 11) is -1.71. The Bertz CT molecular complexity index is 1260. The van der Waals surface area contributed by atoms with E-state index in [0.717, 1.165) is 37.3 Å². The van der Waals surface area contributed by atoms with E-state index in [0.29, 0.717) is 17.7 Å². The molecule has 38 heavy (non-hydrogen) atoms. The number of tetrazole rings is 1. The van der Waals surface area contributed by atoms with E-state index in [-0.39, 0.29) is 10.3 Å². The van der Waals surface area contributed by atoms with Gasteiger partial charge in [0.2, 0.25) is 5.28 Å². The molecule has 0 aromatic carbocycles. The van der Waals surface area contributed by atoms with E-state index >= 15 is 0 Å². The van der Waals surface area contributed by atoms with Crippen molar-refractivity contribution in [1.29, 1.82) is 0 Å². The highest BCUT2D eigenvalue weighted by Gasteiger charge is 2.28. The van der Waals surface area contributed by atoms with Crippen LogP contribution in [0.1, 0.15) is 109 Å². The van der Waals surface area contributed by atoms with Crippen LogP contribution in [0.2, 0.25) is 5.28 Å². The van der Waals surface area contributed by atoms with Crippen LogP contribution in [0, 0.1) is 6.92 Å². The zero-order chi connectivity index (χ0) is 27.5. The summed E-state index contributed by atoms with van der Waals surface area (Å²) < 4.78 is 29.5. The number of unbranched alkanes of at least 4 members (excludes halogenated alkanes) is 12. The van der Waals surface area contributed by atoms with Crippen LogP contribution in [0.15, 0.2) is 5.03 Å². The number of nitrogens with zero attached hydrogens (tertiary/aromatic N) is 8. The lowest BCUT2D eigenvalue weighted by Gasteiger charge is -2.12. The minimum atomic E-state index is -3.61. The van der Waals surface area contributed by atoms with Gasteiger partial charge in [0, 0.05) is 20.0 Å².